The minimum Gasteiger partial charge on any atom is -0.384 e. The van der Waals surface area contributed by atoms with Crippen LogP contribution in [0.5, 0.6) is 0 Å². The van der Waals surface area contributed by atoms with Crippen LogP contribution in [0.4, 0.5) is 0 Å². The summed E-state index contributed by atoms with van der Waals surface area (Å²) >= 11 is 3.33. The highest BCUT2D eigenvalue weighted by Crippen LogP contribution is 2.21. The number of hydrogen-bond donors (Lipinski definition) is 1. The maximum Gasteiger partial charge on any atom is 0.0995 e. The van der Waals surface area contributed by atoms with E-state index in [1.807, 2.05) is 31.2 Å². The number of hydrogen-bond acceptors (Lipinski definition) is 1. The molecule has 64 valence electrons. The van der Waals surface area contributed by atoms with Gasteiger partial charge in [-0.15, -0.1) is 0 Å². The molecule has 2 heteroatoms. The second-order valence-electron chi connectivity index (χ2n) is 2.80. The zero-order chi connectivity index (χ0) is 9.14. The first-order chi connectivity index (χ1) is 5.61. The van der Waals surface area contributed by atoms with Crippen molar-refractivity contribution >= 4 is 15.9 Å². The maximum absolute atomic E-state index is 9.57. The van der Waals surface area contributed by atoms with Crippen LogP contribution in [0, 0.1) is 0 Å². The van der Waals surface area contributed by atoms with Crippen LogP contribution in [0.15, 0.2) is 40.9 Å². The Kier molecular flexibility index (Phi) is 3.06. The van der Waals surface area contributed by atoms with E-state index >= 15 is 0 Å². The van der Waals surface area contributed by atoms with E-state index in [0.717, 1.165) is 15.6 Å². The molecule has 0 spiro atoms. The molecule has 0 amide bonds. The largest absolute Gasteiger partial charge is 0.384 e. The molecule has 0 radical (unpaired) electrons. The zero-order valence-corrected chi connectivity index (χ0v) is 8.51. The highest BCUT2D eigenvalue weighted by Gasteiger charge is 2.06. The summed E-state index contributed by atoms with van der Waals surface area (Å²) in [5.74, 6) is 0. The minimum absolute atomic E-state index is 0.543. The fourth-order valence-electron chi connectivity index (χ4n) is 0.930. The van der Waals surface area contributed by atoms with Gasteiger partial charge in [0.05, 0.1) is 6.10 Å². The Labute approximate surface area is 80.9 Å². The van der Waals surface area contributed by atoms with Gasteiger partial charge in [-0.05, 0) is 30.2 Å². The predicted octanol–water partition coefficient (Wildman–Crippen LogP) is 3.06. The molecule has 0 aliphatic rings. The molecule has 1 aromatic rings. The second-order valence-corrected chi connectivity index (χ2v) is 3.72. The van der Waals surface area contributed by atoms with E-state index in [1.54, 1.807) is 0 Å². The number of rotatable bonds is 2. The van der Waals surface area contributed by atoms with Crippen molar-refractivity contribution in [2.75, 3.05) is 0 Å². The fourth-order valence-corrected chi connectivity index (χ4v) is 1.19. The average Bonchev–Trinajstić information content (AvgIpc) is 2.04. The Balaban J connectivity index is 2.89. The smallest absolute Gasteiger partial charge is 0.0995 e. The molecule has 1 unspecified atom stereocenters. The van der Waals surface area contributed by atoms with E-state index < -0.39 is 6.10 Å². The molecule has 1 atom stereocenters. The molecule has 0 bridgehead atoms. The van der Waals surface area contributed by atoms with E-state index in [-0.39, 0.29) is 0 Å². The molecule has 0 saturated carbocycles. The lowest BCUT2D eigenvalue weighted by Gasteiger charge is -2.09. The van der Waals surface area contributed by atoms with Gasteiger partial charge in [-0.1, -0.05) is 34.6 Å². The van der Waals surface area contributed by atoms with Crippen molar-refractivity contribution in [1.29, 1.82) is 0 Å². The molecule has 0 aromatic heterocycles. The van der Waals surface area contributed by atoms with Gasteiger partial charge in [0, 0.05) is 4.47 Å². The van der Waals surface area contributed by atoms with Crippen LogP contribution in [0.1, 0.15) is 18.6 Å². The van der Waals surface area contributed by atoms with Gasteiger partial charge in [0.25, 0.3) is 0 Å². The molecular formula is C10H11BrO. The Morgan fingerprint density at radius 2 is 1.92 bits per heavy atom. The average molecular weight is 227 g/mol. The van der Waals surface area contributed by atoms with Crippen molar-refractivity contribution in [3.05, 3.63) is 46.5 Å². The lowest BCUT2D eigenvalue weighted by atomic mass is 10.0. The van der Waals surface area contributed by atoms with E-state index in [1.165, 1.54) is 0 Å². The Morgan fingerprint density at radius 3 is 2.33 bits per heavy atom. The quantitative estimate of drug-likeness (QED) is 0.770. The molecule has 1 rings (SSSR count). The molecule has 0 aliphatic carbocycles. The van der Waals surface area contributed by atoms with Gasteiger partial charge < -0.3 is 5.11 Å². The summed E-state index contributed by atoms with van der Waals surface area (Å²) in [6, 6.07) is 7.57. The zero-order valence-electron chi connectivity index (χ0n) is 6.92. The van der Waals surface area contributed by atoms with Crippen LogP contribution < -0.4 is 0 Å². The Bertz CT molecular complexity index is 276. The van der Waals surface area contributed by atoms with Crippen molar-refractivity contribution in [2.24, 2.45) is 0 Å². The third-order valence-electron chi connectivity index (χ3n) is 1.65. The molecule has 0 aliphatic heterocycles. The standard InChI is InChI=1S/C10H11BrO/c1-7(2)10(12)8-3-5-9(11)6-4-8/h3-6,10,12H,1H2,2H3. The molecule has 0 fully saturated rings. The summed E-state index contributed by atoms with van der Waals surface area (Å²) in [4.78, 5) is 0. The molecule has 0 saturated heterocycles. The SMILES string of the molecule is C=C(C)C(O)c1ccc(Br)cc1. The summed E-state index contributed by atoms with van der Waals surface area (Å²) in [6.07, 6.45) is -0.543. The monoisotopic (exact) mass is 226 g/mol. The van der Waals surface area contributed by atoms with Gasteiger partial charge in [-0.3, -0.25) is 0 Å². The molecule has 0 heterocycles. The third kappa shape index (κ3) is 2.19. The Hall–Kier alpha value is -0.600. The summed E-state index contributed by atoms with van der Waals surface area (Å²) in [6.45, 7) is 5.50. The van der Waals surface area contributed by atoms with Gasteiger partial charge in [0.2, 0.25) is 0 Å². The molecule has 1 N–H and O–H groups in total. The minimum atomic E-state index is -0.543. The van der Waals surface area contributed by atoms with E-state index in [4.69, 9.17) is 0 Å². The number of halogens is 1. The third-order valence-corrected chi connectivity index (χ3v) is 2.18. The van der Waals surface area contributed by atoms with E-state index in [2.05, 4.69) is 22.5 Å². The van der Waals surface area contributed by atoms with Crippen molar-refractivity contribution < 1.29 is 5.11 Å². The van der Waals surface area contributed by atoms with Gasteiger partial charge in [0.1, 0.15) is 0 Å². The van der Waals surface area contributed by atoms with Crippen molar-refractivity contribution in [3.63, 3.8) is 0 Å². The fraction of sp³-hybridized carbons (Fsp3) is 0.200. The highest BCUT2D eigenvalue weighted by molar-refractivity contribution is 9.10. The molecule has 12 heavy (non-hydrogen) atoms. The van der Waals surface area contributed by atoms with Crippen LogP contribution in [0.25, 0.3) is 0 Å². The molecule has 1 aromatic carbocycles. The normalized spacial score (nSPS) is 12.6. The summed E-state index contributed by atoms with van der Waals surface area (Å²) in [5.41, 5.74) is 1.64. The topological polar surface area (TPSA) is 20.2 Å². The van der Waals surface area contributed by atoms with Crippen molar-refractivity contribution in [3.8, 4) is 0 Å². The Morgan fingerprint density at radius 1 is 1.42 bits per heavy atom. The lowest BCUT2D eigenvalue weighted by molar-refractivity contribution is 0.216. The maximum atomic E-state index is 9.57. The molecular weight excluding hydrogens is 216 g/mol. The number of benzene rings is 1. The first kappa shape index (κ1) is 9.49. The van der Waals surface area contributed by atoms with Crippen LogP contribution in [-0.4, -0.2) is 5.11 Å². The summed E-state index contributed by atoms with van der Waals surface area (Å²) in [5, 5.41) is 9.57. The summed E-state index contributed by atoms with van der Waals surface area (Å²) in [7, 11) is 0. The van der Waals surface area contributed by atoms with E-state index in [9.17, 15) is 5.11 Å². The van der Waals surface area contributed by atoms with Gasteiger partial charge in [-0.25, -0.2) is 0 Å². The van der Waals surface area contributed by atoms with E-state index in [0.29, 0.717) is 0 Å². The summed E-state index contributed by atoms with van der Waals surface area (Å²) < 4.78 is 1.01. The number of aliphatic hydroxyl groups is 1. The van der Waals surface area contributed by atoms with Gasteiger partial charge in [0.15, 0.2) is 0 Å². The second kappa shape index (κ2) is 3.87. The first-order valence-electron chi connectivity index (χ1n) is 3.70. The van der Waals surface area contributed by atoms with Gasteiger partial charge in [-0.2, -0.15) is 0 Å². The van der Waals surface area contributed by atoms with Crippen molar-refractivity contribution in [2.45, 2.75) is 13.0 Å². The predicted molar refractivity (Wildman–Crippen MR) is 53.9 cm³/mol. The lowest BCUT2D eigenvalue weighted by Crippen LogP contribution is -1.96. The van der Waals surface area contributed by atoms with Crippen LogP contribution in [0.3, 0.4) is 0 Å². The van der Waals surface area contributed by atoms with Crippen molar-refractivity contribution in [1.82, 2.24) is 0 Å². The number of aliphatic hydroxyl groups excluding tert-OH is 1. The van der Waals surface area contributed by atoms with Crippen LogP contribution in [0.2, 0.25) is 0 Å². The first-order valence-corrected chi connectivity index (χ1v) is 4.49. The van der Waals surface area contributed by atoms with Gasteiger partial charge >= 0.3 is 0 Å². The molecule has 1 nitrogen and oxygen atoms in total. The van der Waals surface area contributed by atoms with Crippen LogP contribution >= 0.6 is 15.9 Å². The van der Waals surface area contributed by atoms with Crippen LogP contribution in [-0.2, 0) is 0 Å². The highest BCUT2D eigenvalue weighted by atomic mass is 79.9.